The lowest BCUT2D eigenvalue weighted by atomic mass is 10.3. The minimum atomic E-state index is -3.80. The molecule has 0 aromatic heterocycles. The molecule has 0 atom stereocenters. The summed E-state index contributed by atoms with van der Waals surface area (Å²) in [7, 11) is 0. The number of hydrogen-bond acceptors (Lipinski definition) is 3. The summed E-state index contributed by atoms with van der Waals surface area (Å²) in [6, 6.07) is 2.82. The van der Waals surface area contributed by atoms with E-state index in [-0.39, 0.29) is 21.8 Å². The molecule has 9 heteroatoms. The van der Waals surface area contributed by atoms with Crippen LogP contribution in [0.15, 0.2) is 12.1 Å². The van der Waals surface area contributed by atoms with Crippen molar-refractivity contribution in [3.8, 4) is 5.75 Å². The van der Waals surface area contributed by atoms with E-state index in [2.05, 4.69) is 17.0 Å². The van der Waals surface area contributed by atoms with E-state index in [9.17, 15) is 8.78 Å². The van der Waals surface area contributed by atoms with Gasteiger partial charge in [-0.1, -0.05) is 23.2 Å². The molecule has 0 fully saturated rings. The first-order chi connectivity index (χ1) is 9.11. The molecular formula is C11H12Cl3F2N3O. The van der Waals surface area contributed by atoms with Crippen molar-refractivity contribution in [1.82, 2.24) is 5.43 Å². The molecule has 0 amide bonds. The Morgan fingerprint density at radius 2 is 1.90 bits per heavy atom. The summed E-state index contributed by atoms with van der Waals surface area (Å²) in [5.41, 5.74) is 4.52. The van der Waals surface area contributed by atoms with Crippen LogP contribution in [-0.2, 0) is 0 Å². The van der Waals surface area contributed by atoms with Gasteiger partial charge in [0, 0.05) is 6.07 Å². The number of hydrazine groups is 1. The van der Waals surface area contributed by atoms with Crippen LogP contribution in [0, 0.1) is 5.41 Å². The van der Waals surface area contributed by atoms with Gasteiger partial charge in [0.1, 0.15) is 5.75 Å². The van der Waals surface area contributed by atoms with Gasteiger partial charge >= 0.3 is 5.38 Å². The van der Waals surface area contributed by atoms with Gasteiger partial charge in [-0.15, -0.1) is 0 Å². The van der Waals surface area contributed by atoms with Crippen molar-refractivity contribution in [1.29, 1.82) is 5.41 Å². The van der Waals surface area contributed by atoms with Crippen LogP contribution in [0.5, 0.6) is 5.75 Å². The van der Waals surface area contributed by atoms with E-state index in [0.29, 0.717) is 5.75 Å². The Kier molecular flexibility index (Phi) is 5.68. The second kappa shape index (κ2) is 6.65. The van der Waals surface area contributed by atoms with Crippen molar-refractivity contribution in [2.24, 2.45) is 0 Å². The zero-order valence-corrected chi connectivity index (χ0v) is 12.8. The Bertz CT molecular complexity index is 506. The lowest BCUT2D eigenvalue weighted by Crippen LogP contribution is -2.39. The van der Waals surface area contributed by atoms with Crippen LogP contribution >= 0.6 is 34.8 Å². The van der Waals surface area contributed by atoms with E-state index >= 15 is 0 Å². The van der Waals surface area contributed by atoms with E-state index < -0.39 is 11.2 Å². The molecule has 0 aliphatic carbocycles. The molecule has 0 unspecified atom stereocenters. The first-order valence-corrected chi connectivity index (χ1v) is 6.58. The van der Waals surface area contributed by atoms with Crippen molar-refractivity contribution >= 4 is 46.3 Å². The molecule has 1 rings (SSSR count). The standard InChI is InChI=1S/C11H12Cl3F2N3O/c1-5(2)20-9-4-8(6(12)3-7(9)13)18-19-10(17)11(14,15)16/h3-5,18H,1-2H3,(H2,17,19). The lowest BCUT2D eigenvalue weighted by Gasteiger charge is -2.17. The van der Waals surface area contributed by atoms with Crippen LogP contribution < -0.4 is 15.6 Å². The highest BCUT2D eigenvalue weighted by Gasteiger charge is 2.31. The van der Waals surface area contributed by atoms with E-state index in [0.717, 1.165) is 0 Å². The molecule has 3 N–H and O–H groups in total. The number of alkyl halides is 3. The van der Waals surface area contributed by atoms with Crippen LogP contribution in [-0.4, -0.2) is 17.3 Å². The molecule has 112 valence electrons. The van der Waals surface area contributed by atoms with E-state index in [1.807, 2.05) is 5.43 Å². The van der Waals surface area contributed by atoms with Crippen LogP contribution in [0.25, 0.3) is 0 Å². The molecule has 20 heavy (non-hydrogen) atoms. The Morgan fingerprint density at radius 1 is 1.30 bits per heavy atom. The minimum absolute atomic E-state index is 0.125. The monoisotopic (exact) mass is 345 g/mol. The number of halogens is 5. The molecule has 0 spiro atoms. The average Bonchev–Trinajstić information content (AvgIpc) is 2.28. The third-order valence-corrected chi connectivity index (χ3v) is 2.79. The van der Waals surface area contributed by atoms with Gasteiger partial charge in [-0.25, -0.2) is 0 Å². The largest absolute Gasteiger partial charge is 0.489 e. The van der Waals surface area contributed by atoms with Gasteiger partial charge in [-0.3, -0.25) is 16.3 Å². The molecule has 1 aromatic rings. The molecule has 0 aliphatic rings. The highest BCUT2D eigenvalue weighted by atomic mass is 35.5. The second-order valence-corrected chi connectivity index (χ2v) is 5.34. The first kappa shape index (κ1) is 17.1. The Balaban J connectivity index is 2.87. The highest BCUT2D eigenvalue weighted by Crippen LogP contribution is 2.34. The van der Waals surface area contributed by atoms with Gasteiger partial charge < -0.3 is 4.74 Å². The molecule has 0 bridgehead atoms. The topological polar surface area (TPSA) is 57.1 Å². The van der Waals surface area contributed by atoms with Crippen LogP contribution in [0.3, 0.4) is 0 Å². The molecule has 0 heterocycles. The summed E-state index contributed by atoms with van der Waals surface area (Å²) in [6.07, 6.45) is -0.125. The number of nitrogens with one attached hydrogen (secondary N) is 3. The number of hydrogen-bond donors (Lipinski definition) is 3. The average molecular weight is 347 g/mol. The van der Waals surface area contributed by atoms with Crippen molar-refractivity contribution < 1.29 is 13.5 Å². The van der Waals surface area contributed by atoms with Gasteiger partial charge in [-0.2, -0.15) is 8.78 Å². The number of ether oxygens (including phenoxy) is 1. The van der Waals surface area contributed by atoms with Crippen molar-refractivity contribution in [2.75, 3.05) is 5.43 Å². The number of anilines is 1. The Morgan fingerprint density at radius 3 is 2.40 bits per heavy atom. The summed E-state index contributed by atoms with van der Waals surface area (Å²) < 4.78 is 30.6. The van der Waals surface area contributed by atoms with Crippen LogP contribution in [0.1, 0.15) is 13.8 Å². The fraction of sp³-hybridized carbons (Fsp3) is 0.364. The van der Waals surface area contributed by atoms with Gasteiger partial charge in [0.25, 0.3) is 0 Å². The summed E-state index contributed by atoms with van der Waals surface area (Å²) in [5, 5.41) is 3.67. The number of amidine groups is 1. The van der Waals surface area contributed by atoms with Gasteiger partial charge in [-0.05, 0) is 31.5 Å². The SMILES string of the molecule is CC(C)Oc1cc(NNC(=N)C(F)(F)Cl)c(Cl)cc1Cl. The second-order valence-electron chi connectivity index (χ2n) is 4.05. The summed E-state index contributed by atoms with van der Waals surface area (Å²) in [6.45, 7) is 3.61. The molecular weight excluding hydrogens is 334 g/mol. The number of benzene rings is 1. The highest BCUT2D eigenvalue weighted by molar-refractivity contribution is 6.37. The lowest BCUT2D eigenvalue weighted by molar-refractivity contribution is 0.170. The predicted molar refractivity (Wildman–Crippen MR) is 77.5 cm³/mol. The molecule has 4 nitrogen and oxygen atoms in total. The smallest absolute Gasteiger partial charge is 0.380 e. The van der Waals surface area contributed by atoms with Gasteiger partial charge in [0.15, 0.2) is 0 Å². The molecule has 0 aliphatic heterocycles. The zero-order chi connectivity index (χ0) is 15.5. The molecule has 0 saturated carbocycles. The number of rotatable bonds is 5. The van der Waals surface area contributed by atoms with Gasteiger partial charge in [0.05, 0.1) is 21.8 Å². The minimum Gasteiger partial charge on any atom is -0.489 e. The summed E-state index contributed by atoms with van der Waals surface area (Å²) >= 11 is 16.5. The first-order valence-electron chi connectivity index (χ1n) is 5.44. The van der Waals surface area contributed by atoms with Crippen molar-refractivity contribution in [3.05, 3.63) is 22.2 Å². The Hall–Kier alpha value is -0.980. The predicted octanol–water partition coefficient (Wildman–Crippen LogP) is 4.51. The maximum absolute atomic E-state index is 12.6. The third-order valence-electron chi connectivity index (χ3n) is 1.99. The van der Waals surface area contributed by atoms with Crippen molar-refractivity contribution in [2.45, 2.75) is 25.3 Å². The van der Waals surface area contributed by atoms with E-state index in [1.54, 1.807) is 13.8 Å². The normalized spacial score (nSPS) is 11.4. The Labute approximate surface area is 129 Å². The zero-order valence-electron chi connectivity index (χ0n) is 10.5. The molecule has 0 saturated heterocycles. The summed E-state index contributed by atoms with van der Waals surface area (Å²) in [5.74, 6) is -0.879. The third kappa shape index (κ3) is 4.85. The molecule has 1 aromatic carbocycles. The van der Waals surface area contributed by atoms with Crippen LogP contribution in [0.2, 0.25) is 10.0 Å². The maximum Gasteiger partial charge on any atom is 0.380 e. The maximum atomic E-state index is 12.6. The van der Waals surface area contributed by atoms with E-state index in [4.69, 9.17) is 33.3 Å². The quantitative estimate of drug-likeness (QED) is 0.318. The van der Waals surface area contributed by atoms with Gasteiger partial charge in [0.2, 0.25) is 5.84 Å². The van der Waals surface area contributed by atoms with Crippen LogP contribution in [0.4, 0.5) is 14.5 Å². The van der Waals surface area contributed by atoms with E-state index in [1.165, 1.54) is 12.1 Å². The fourth-order valence-electron chi connectivity index (χ4n) is 1.17. The summed E-state index contributed by atoms with van der Waals surface area (Å²) in [4.78, 5) is 0. The molecule has 0 radical (unpaired) electrons. The fourth-order valence-corrected chi connectivity index (χ4v) is 1.69. The van der Waals surface area contributed by atoms with Crippen molar-refractivity contribution in [3.63, 3.8) is 0 Å².